The Labute approximate surface area is 190 Å². The third kappa shape index (κ3) is 4.88. The fourth-order valence-corrected chi connectivity index (χ4v) is 4.16. The number of hydrogen-bond donors (Lipinski definition) is 1. The second-order valence-electron chi connectivity index (χ2n) is 7.39. The summed E-state index contributed by atoms with van der Waals surface area (Å²) in [7, 11) is 0. The first-order chi connectivity index (χ1) is 15.5. The van der Waals surface area contributed by atoms with Gasteiger partial charge in [0.1, 0.15) is 5.01 Å². The van der Waals surface area contributed by atoms with Gasteiger partial charge in [0.15, 0.2) is 11.5 Å². The van der Waals surface area contributed by atoms with Crippen LogP contribution in [0.3, 0.4) is 0 Å². The molecule has 2 amide bonds. The van der Waals surface area contributed by atoms with Gasteiger partial charge in [-0.25, -0.2) is 0 Å². The van der Waals surface area contributed by atoms with Gasteiger partial charge in [-0.05, 0) is 43.2 Å². The third-order valence-corrected chi connectivity index (χ3v) is 5.94. The molecule has 9 heteroatoms. The van der Waals surface area contributed by atoms with Gasteiger partial charge < -0.3 is 19.7 Å². The maximum atomic E-state index is 12.9. The molecule has 8 nitrogen and oxygen atoms in total. The molecule has 0 fully saturated rings. The number of aryl methyl sites for hydroxylation is 1. The van der Waals surface area contributed by atoms with E-state index in [0.29, 0.717) is 40.3 Å². The molecule has 0 radical (unpaired) electrons. The Bertz CT molecular complexity index is 1130. The van der Waals surface area contributed by atoms with Gasteiger partial charge >= 0.3 is 0 Å². The number of fused-ring (bicyclic) bond motifs is 1. The molecule has 32 heavy (non-hydrogen) atoms. The highest BCUT2D eigenvalue weighted by Crippen LogP contribution is 2.37. The number of benzene rings is 2. The summed E-state index contributed by atoms with van der Waals surface area (Å²) in [6, 6.07) is 13.0. The minimum Gasteiger partial charge on any atom is -0.454 e. The molecule has 0 bridgehead atoms. The van der Waals surface area contributed by atoms with E-state index in [0.717, 1.165) is 17.5 Å². The molecule has 1 aliphatic rings. The predicted octanol–water partition coefficient (Wildman–Crippen LogP) is 4.12. The third-order valence-electron chi connectivity index (χ3n) is 5.06. The Balaban J connectivity index is 1.36. The van der Waals surface area contributed by atoms with E-state index < -0.39 is 0 Å². The lowest BCUT2D eigenvalue weighted by molar-refractivity contribution is -0.116. The molecular formula is C23H24N4O4S. The molecule has 2 aromatic carbocycles. The first-order valence-corrected chi connectivity index (χ1v) is 11.2. The highest BCUT2D eigenvalue weighted by Gasteiger charge is 2.19. The second kappa shape index (κ2) is 9.78. The second-order valence-corrected chi connectivity index (χ2v) is 8.36. The Hall–Kier alpha value is -3.46. The standard InChI is InChI=1S/C23H24N4O4S/c1-3-11-27(22(29)17-7-5-4-6-15(17)2)12-10-20(28)24-23-26-25-21(32-23)16-8-9-18-19(13-16)31-14-30-18/h4-9,13H,3,10-12,14H2,1-2H3,(H,24,26,28). The highest BCUT2D eigenvalue weighted by atomic mass is 32.1. The van der Waals surface area contributed by atoms with E-state index in [-0.39, 0.29) is 25.0 Å². The normalized spacial score (nSPS) is 11.9. The number of anilines is 1. The predicted molar refractivity (Wildman–Crippen MR) is 122 cm³/mol. The summed E-state index contributed by atoms with van der Waals surface area (Å²) in [5, 5.41) is 12.1. The van der Waals surface area contributed by atoms with Crippen molar-refractivity contribution in [3.63, 3.8) is 0 Å². The zero-order chi connectivity index (χ0) is 22.5. The van der Waals surface area contributed by atoms with Gasteiger partial charge in [-0.3, -0.25) is 9.59 Å². The van der Waals surface area contributed by atoms with Crippen molar-refractivity contribution in [2.75, 3.05) is 25.2 Å². The summed E-state index contributed by atoms with van der Waals surface area (Å²) in [6.07, 6.45) is 0.991. The van der Waals surface area contributed by atoms with Crippen molar-refractivity contribution in [2.45, 2.75) is 26.7 Å². The number of aromatic nitrogens is 2. The van der Waals surface area contributed by atoms with Gasteiger partial charge in [-0.15, -0.1) is 10.2 Å². The Morgan fingerprint density at radius 2 is 1.91 bits per heavy atom. The molecule has 4 rings (SSSR count). The lowest BCUT2D eigenvalue weighted by Crippen LogP contribution is -2.34. The quantitative estimate of drug-likeness (QED) is 0.553. The summed E-state index contributed by atoms with van der Waals surface area (Å²) in [6.45, 7) is 5.06. The number of nitrogens with one attached hydrogen (secondary N) is 1. The molecular weight excluding hydrogens is 428 g/mol. The van der Waals surface area contributed by atoms with E-state index in [1.165, 1.54) is 11.3 Å². The highest BCUT2D eigenvalue weighted by molar-refractivity contribution is 7.18. The molecule has 2 heterocycles. The smallest absolute Gasteiger partial charge is 0.254 e. The first kappa shape index (κ1) is 21.8. The van der Waals surface area contributed by atoms with Crippen molar-refractivity contribution in [2.24, 2.45) is 0 Å². The monoisotopic (exact) mass is 452 g/mol. The SMILES string of the molecule is CCCN(CCC(=O)Nc1nnc(-c2ccc3c(c2)OCO3)s1)C(=O)c1ccccc1C. The number of carbonyl (C=O) groups is 2. The molecule has 0 unspecified atom stereocenters. The number of carbonyl (C=O) groups excluding carboxylic acids is 2. The lowest BCUT2D eigenvalue weighted by atomic mass is 10.1. The van der Waals surface area contributed by atoms with Gasteiger partial charge in [0, 0.05) is 30.6 Å². The van der Waals surface area contributed by atoms with Crippen LogP contribution >= 0.6 is 11.3 Å². The van der Waals surface area contributed by atoms with Crippen molar-refractivity contribution in [1.82, 2.24) is 15.1 Å². The summed E-state index contributed by atoms with van der Waals surface area (Å²) in [5.74, 6) is 1.09. The largest absolute Gasteiger partial charge is 0.454 e. The zero-order valence-corrected chi connectivity index (χ0v) is 18.8. The molecule has 0 saturated carbocycles. The molecule has 0 saturated heterocycles. The molecule has 0 aliphatic carbocycles. The molecule has 3 aromatic rings. The molecule has 0 atom stereocenters. The van der Waals surface area contributed by atoms with Crippen LogP contribution in [-0.2, 0) is 4.79 Å². The van der Waals surface area contributed by atoms with Crippen LogP contribution in [0.25, 0.3) is 10.6 Å². The van der Waals surface area contributed by atoms with E-state index in [9.17, 15) is 9.59 Å². The lowest BCUT2D eigenvalue weighted by Gasteiger charge is -2.22. The number of rotatable bonds is 8. The topological polar surface area (TPSA) is 93.7 Å². The van der Waals surface area contributed by atoms with E-state index >= 15 is 0 Å². The van der Waals surface area contributed by atoms with Crippen molar-refractivity contribution in [3.8, 4) is 22.1 Å². The van der Waals surface area contributed by atoms with Gasteiger partial charge in [0.05, 0.1) is 0 Å². The van der Waals surface area contributed by atoms with Crippen LogP contribution in [-0.4, -0.2) is 46.8 Å². The van der Waals surface area contributed by atoms with Crippen molar-refractivity contribution in [3.05, 3.63) is 53.6 Å². The van der Waals surface area contributed by atoms with Gasteiger partial charge in [0.2, 0.25) is 17.8 Å². The molecule has 1 aromatic heterocycles. The fourth-order valence-electron chi connectivity index (χ4n) is 3.41. The number of nitrogens with zero attached hydrogens (tertiary/aromatic N) is 3. The average molecular weight is 453 g/mol. The first-order valence-electron chi connectivity index (χ1n) is 10.4. The van der Waals surface area contributed by atoms with Crippen molar-refractivity contribution < 1.29 is 19.1 Å². The number of ether oxygens (including phenoxy) is 2. The summed E-state index contributed by atoms with van der Waals surface area (Å²) in [4.78, 5) is 27.1. The fraction of sp³-hybridized carbons (Fsp3) is 0.304. The Morgan fingerprint density at radius 3 is 2.72 bits per heavy atom. The van der Waals surface area contributed by atoms with E-state index in [4.69, 9.17) is 9.47 Å². The maximum Gasteiger partial charge on any atom is 0.254 e. The number of amides is 2. The van der Waals surface area contributed by atoms with E-state index in [1.807, 2.05) is 56.3 Å². The van der Waals surface area contributed by atoms with E-state index in [1.54, 1.807) is 4.90 Å². The summed E-state index contributed by atoms with van der Waals surface area (Å²) in [5.41, 5.74) is 2.43. The maximum absolute atomic E-state index is 12.9. The molecule has 1 N–H and O–H groups in total. The van der Waals surface area contributed by atoms with Crippen LogP contribution in [0.15, 0.2) is 42.5 Å². The summed E-state index contributed by atoms with van der Waals surface area (Å²) >= 11 is 1.28. The van der Waals surface area contributed by atoms with Gasteiger partial charge in [0.25, 0.3) is 5.91 Å². The van der Waals surface area contributed by atoms with Crippen LogP contribution in [0.4, 0.5) is 5.13 Å². The zero-order valence-electron chi connectivity index (χ0n) is 18.0. The van der Waals surface area contributed by atoms with E-state index in [2.05, 4.69) is 15.5 Å². The number of hydrogen-bond acceptors (Lipinski definition) is 7. The Morgan fingerprint density at radius 1 is 1.09 bits per heavy atom. The van der Waals surface area contributed by atoms with Gasteiger partial charge in [-0.2, -0.15) is 0 Å². The van der Waals surface area contributed by atoms with Crippen LogP contribution in [0.5, 0.6) is 11.5 Å². The minimum atomic E-state index is -0.211. The van der Waals surface area contributed by atoms with Gasteiger partial charge in [-0.1, -0.05) is 36.5 Å². The van der Waals surface area contributed by atoms with Crippen LogP contribution in [0, 0.1) is 6.92 Å². The average Bonchev–Trinajstić information content (AvgIpc) is 3.45. The van der Waals surface area contributed by atoms with Crippen molar-refractivity contribution >= 4 is 28.3 Å². The Kier molecular flexibility index (Phi) is 6.65. The van der Waals surface area contributed by atoms with Crippen LogP contribution < -0.4 is 14.8 Å². The van der Waals surface area contributed by atoms with Crippen LogP contribution in [0.2, 0.25) is 0 Å². The molecule has 166 valence electrons. The van der Waals surface area contributed by atoms with Crippen LogP contribution in [0.1, 0.15) is 35.7 Å². The minimum absolute atomic E-state index is 0.0567. The molecule has 1 aliphatic heterocycles. The summed E-state index contributed by atoms with van der Waals surface area (Å²) < 4.78 is 10.7. The molecule has 0 spiro atoms. The van der Waals surface area contributed by atoms with Crippen molar-refractivity contribution in [1.29, 1.82) is 0 Å².